The first kappa shape index (κ1) is 19.8. The second-order valence-corrected chi connectivity index (χ2v) is 6.81. The van der Waals surface area contributed by atoms with Crippen LogP contribution >= 0.6 is 0 Å². The van der Waals surface area contributed by atoms with Crippen molar-refractivity contribution in [3.8, 4) is 17.2 Å². The molecule has 4 rings (SSSR count). The number of benzene rings is 2. The number of halogens is 3. The van der Waals surface area contributed by atoms with Crippen LogP contribution in [0.15, 0.2) is 48.8 Å². The number of rotatable bonds is 4. The van der Waals surface area contributed by atoms with Gasteiger partial charge in [-0.25, -0.2) is 4.98 Å². The maximum atomic E-state index is 12.9. The summed E-state index contributed by atoms with van der Waals surface area (Å²) in [7, 11) is 3.08. The fourth-order valence-electron chi connectivity index (χ4n) is 3.58. The molecule has 0 bridgehead atoms. The molecule has 0 radical (unpaired) electrons. The van der Waals surface area contributed by atoms with Crippen molar-refractivity contribution < 1.29 is 27.4 Å². The quantitative estimate of drug-likeness (QED) is 0.684. The van der Waals surface area contributed by atoms with Crippen LogP contribution in [0.2, 0.25) is 0 Å². The lowest BCUT2D eigenvalue weighted by atomic mass is 9.89. The normalized spacial score (nSPS) is 16.0. The largest absolute Gasteiger partial charge is 0.497 e. The first-order chi connectivity index (χ1) is 14.3. The highest BCUT2D eigenvalue weighted by atomic mass is 19.4. The molecule has 6 nitrogen and oxygen atoms in total. The number of amides is 1. The number of ether oxygens (including phenoxy) is 2. The number of alkyl halides is 3. The number of anilines is 1. The van der Waals surface area contributed by atoms with E-state index in [1.54, 1.807) is 23.8 Å². The number of nitrogens with one attached hydrogen (secondary N) is 1. The van der Waals surface area contributed by atoms with E-state index >= 15 is 0 Å². The number of hydrogen-bond acceptors (Lipinski definition) is 4. The third-order valence-corrected chi connectivity index (χ3v) is 5.06. The molecule has 0 fully saturated rings. The van der Waals surface area contributed by atoms with Crippen molar-refractivity contribution in [3.63, 3.8) is 0 Å². The average molecular weight is 417 g/mol. The molecule has 1 aliphatic heterocycles. The van der Waals surface area contributed by atoms with Gasteiger partial charge in [-0.15, -0.1) is 0 Å². The van der Waals surface area contributed by atoms with Gasteiger partial charge in [0.2, 0.25) is 5.91 Å². The molecule has 156 valence electrons. The van der Waals surface area contributed by atoms with Crippen LogP contribution in [-0.2, 0) is 11.0 Å². The van der Waals surface area contributed by atoms with Gasteiger partial charge < -0.3 is 14.8 Å². The molecule has 0 unspecified atom stereocenters. The zero-order chi connectivity index (χ0) is 21.5. The molecular weight excluding hydrogens is 399 g/mol. The van der Waals surface area contributed by atoms with Gasteiger partial charge in [0, 0.05) is 29.7 Å². The van der Waals surface area contributed by atoms with E-state index in [-0.39, 0.29) is 18.2 Å². The van der Waals surface area contributed by atoms with Crippen LogP contribution in [0.25, 0.3) is 5.69 Å². The molecule has 1 aliphatic rings. The molecule has 3 aromatic rings. The van der Waals surface area contributed by atoms with Crippen molar-refractivity contribution in [2.75, 3.05) is 19.5 Å². The fraction of sp³-hybridized carbons (Fsp3) is 0.238. The Balaban J connectivity index is 1.76. The molecule has 1 atom stereocenters. The minimum Gasteiger partial charge on any atom is -0.497 e. The van der Waals surface area contributed by atoms with Crippen LogP contribution < -0.4 is 14.8 Å². The predicted molar refractivity (Wildman–Crippen MR) is 103 cm³/mol. The van der Waals surface area contributed by atoms with Gasteiger partial charge in [-0.1, -0.05) is 6.07 Å². The number of carbonyl (C=O) groups excluding carboxylic acids is 1. The van der Waals surface area contributed by atoms with Crippen LogP contribution in [0.4, 0.5) is 19.0 Å². The Morgan fingerprint density at radius 3 is 2.47 bits per heavy atom. The molecule has 1 N–H and O–H groups in total. The fourth-order valence-corrected chi connectivity index (χ4v) is 3.58. The van der Waals surface area contributed by atoms with Crippen molar-refractivity contribution in [1.29, 1.82) is 0 Å². The highest BCUT2D eigenvalue weighted by Crippen LogP contribution is 2.42. The summed E-state index contributed by atoms with van der Waals surface area (Å²) >= 11 is 0. The standard InChI is InChI=1S/C21H18F3N3O3/c1-29-14-7-8-15(17(9-14)30-2)16-10-18(28)26-20-19(16)25-11-27(20)13-5-3-12(4-6-13)21(22,23)24/h3-9,11,16H,10H2,1-2H3,(H,26,28)/t16-/m0/s1. The number of aromatic nitrogens is 2. The van der Waals surface area contributed by atoms with Gasteiger partial charge in [0.1, 0.15) is 23.6 Å². The summed E-state index contributed by atoms with van der Waals surface area (Å²) in [6.45, 7) is 0. The first-order valence-electron chi connectivity index (χ1n) is 9.08. The molecule has 0 aliphatic carbocycles. The number of hydrogen-bond donors (Lipinski definition) is 1. The Hall–Kier alpha value is -3.49. The summed E-state index contributed by atoms with van der Waals surface area (Å²) in [6, 6.07) is 10.0. The average Bonchev–Trinajstić information content (AvgIpc) is 3.15. The second-order valence-electron chi connectivity index (χ2n) is 6.81. The maximum Gasteiger partial charge on any atom is 0.416 e. The highest BCUT2D eigenvalue weighted by molar-refractivity contribution is 5.94. The molecule has 1 aromatic heterocycles. The van der Waals surface area contributed by atoms with E-state index in [2.05, 4.69) is 10.3 Å². The van der Waals surface area contributed by atoms with Gasteiger partial charge in [0.05, 0.1) is 25.5 Å². The number of nitrogens with zero attached hydrogens (tertiary/aromatic N) is 2. The van der Waals surface area contributed by atoms with Crippen molar-refractivity contribution in [2.24, 2.45) is 0 Å². The molecule has 9 heteroatoms. The zero-order valence-electron chi connectivity index (χ0n) is 16.2. The Kier molecular flexibility index (Phi) is 4.89. The summed E-state index contributed by atoms with van der Waals surface area (Å²) in [5.41, 5.74) is 1.09. The first-order valence-corrected chi connectivity index (χ1v) is 9.08. The summed E-state index contributed by atoms with van der Waals surface area (Å²) < 4.78 is 50.8. The van der Waals surface area contributed by atoms with Crippen molar-refractivity contribution in [3.05, 3.63) is 65.6 Å². The van der Waals surface area contributed by atoms with Crippen LogP contribution in [0.1, 0.15) is 29.2 Å². The van der Waals surface area contributed by atoms with Crippen LogP contribution in [-0.4, -0.2) is 29.7 Å². The summed E-state index contributed by atoms with van der Waals surface area (Å²) in [5, 5.41) is 2.79. The van der Waals surface area contributed by atoms with Gasteiger partial charge >= 0.3 is 6.18 Å². The second kappa shape index (κ2) is 7.40. The van der Waals surface area contributed by atoms with E-state index in [0.717, 1.165) is 17.7 Å². The minimum absolute atomic E-state index is 0.166. The molecule has 0 saturated carbocycles. The van der Waals surface area contributed by atoms with E-state index in [1.807, 2.05) is 6.07 Å². The molecule has 2 aromatic carbocycles. The van der Waals surface area contributed by atoms with E-state index in [4.69, 9.17) is 9.47 Å². The lowest BCUT2D eigenvalue weighted by molar-refractivity contribution is -0.137. The Morgan fingerprint density at radius 2 is 1.83 bits per heavy atom. The number of methoxy groups -OCH3 is 2. The van der Waals surface area contributed by atoms with E-state index < -0.39 is 11.7 Å². The topological polar surface area (TPSA) is 65.4 Å². The summed E-state index contributed by atoms with van der Waals surface area (Å²) in [5.74, 6) is 1.01. The smallest absolute Gasteiger partial charge is 0.416 e. The van der Waals surface area contributed by atoms with Gasteiger partial charge in [-0.3, -0.25) is 9.36 Å². The Morgan fingerprint density at radius 1 is 1.10 bits per heavy atom. The molecular formula is C21H18F3N3O3. The third kappa shape index (κ3) is 3.47. The lowest BCUT2D eigenvalue weighted by Crippen LogP contribution is -2.25. The predicted octanol–water partition coefficient (Wildman–Crippen LogP) is 4.38. The van der Waals surface area contributed by atoms with Gasteiger partial charge in [-0.05, 0) is 30.3 Å². The zero-order valence-corrected chi connectivity index (χ0v) is 16.2. The maximum absolute atomic E-state index is 12.9. The van der Waals surface area contributed by atoms with Crippen molar-refractivity contribution in [1.82, 2.24) is 9.55 Å². The lowest BCUT2D eigenvalue weighted by Gasteiger charge is -2.25. The minimum atomic E-state index is -4.42. The van der Waals surface area contributed by atoms with Gasteiger partial charge in [0.25, 0.3) is 0 Å². The highest BCUT2D eigenvalue weighted by Gasteiger charge is 2.33. The number of fused-ring (bicyclic) bond motifs is 1. The van der Waals surface area contributed by atoms with Gasteiger partial charge in [0.15, 0.2) is 0 Å². The summed E-state index contributed by atoms with van der Waals surface area (Å²) in [4.78, 5) is 16.9. The molecule has 2 heterocycles. The van der Waals surface area contributed by atoms with Gasteiger partial charge in [-0.2, -0.15) is 13.2 Å². The van der Waals surface area contributed by atoms with Crippen LogP contribution in [0, 0.1) is 0 Å². The third-order valence-electron chi connectivity index (χ3n) is 5.06. The van der Waals surface area contributed by atoms with Crippen LogP contribution in [0.5, 0.6) is 11.5 Å². The van der Waals surface area contributed by atoms with E-state index in [0.29, 0.717) is 28.7 Å². The summed E-state index contributed by atoms with van der Waals surface area (Å²) in [6.07, 6.45) is -2.77. The monoisotopic (exact) mass is 417 g/mol. The van der Waals surface area contributed by atoms with Crippen molar-refractivity contribution >= 4 is 11.7 Å². The molecule has 30 heavy (non-hydrogen) atoms. The Bertz CT molecular complexity index is 1090. The Labute approximate surface area is 170 Å². The van der Waals surface area contributed by atoms with E-state index in [1.165, 1.54) is 25.6 Å². The number of carbonyl (C=O) groups is 1. The van der Waals surface area contributed by atoms with Crippen molar-refractivity contribution in [2.45, 2.75) is 18.5 Å². The molecule has 1 amide bonds. The van der Waals surface area contributed by atoms with Crippen LogP contribution in [0.3, 0.4) is 0 Å². The SMILES string of the molecule is COc1ccc([C@@H]2CC(=O)Nc3c2ncn3-c2ccc(C(F)(F)F)cc2)c(OC)c1. The molecule has 0 spiro atoms. The van der Waals surface area contributed by atoms with E-state index in [9.17, 15) is 18.0 Å². The molecule has 0 saturated heterocycles. The number of imidazole rings is 1.